The van der Waals surface area contributed by atoms with E-state index in [4.69, 9.17) is 5.73 Å². The van der Waals surface area contributed by atoms with Gasteiger partial charge in [0.1, 0.15) is 0 Å². The highest BCUT2D eigenvalue weighted by Crippen LogP contribution is 2.26. The largest absolute Gasteiger partial charge is 0.397 e. The van der Waals surface area contributed by atoms with E-state index in [0.717, 1.165) is 23.5 Å². The predicted octanol–water partition coefficient (Wildman–Crippen LogP) is 2.06. The lowest BCUT2D eigenvalue weighted by atomic mass is 10.1. The second-order valence-corrected chi connectivity index (χ2v) is 4.80. The van der Waals surface area contributed by atoms with E-state index in [1.165, 1.54) is 0 Å². The summed E-state index contributed by atoms with van der Waals surface area (Å²) in [4.78, 5) is 11.8. The average molecular weight is 287 g/mol. The maximum atomic E-state index is 11.8. The highest BCUT2D eigenvalue weighted by atomic mass is 16.1. The average Bonchev–Trinajstić information content (AvgIpc) is 2.81. The molecule has 6 heteroatoms. The Morgan fingerprint density at radius 1 is 1.33 bits per heavy atom. The fourth-order valence-electron chi connectivity index (χ4n) is 2.13. The van der Waals surface area contributed by atoms with Crippen LogP contribution in [0.1, 0.15) is 29.9 Å². The fourth-order valence-corrected chi connectivity index (χ4v) is 2.13. The maximum absolute atomic E-state index is 11.8. The summed E-state index contributed by atoms with van der Waals surface area (Å²) < 4.78 is 1.76. The molecule has 2 rings (SSSR count). The van der Waals surface area contributed by atoms with Crippen molar-refractivity contribution in [1.82, 2.24) is 15.1 Å². The number of nitrogens with zero attached hydrogens (tertiary/aromatic N) is 2. The molecule has 1 heterocycles. The Hall–Kier alpha value is -2.50. The molecular weight excluding hydrogens is 266 g/mol. The number of nitrogen functional groups attached to an aromatic ring is 1. The third kappa shape index (κ3) is 3.34. The highest BCUT2D eigenvalue weighted by molar-refractivity contribution is 5.96. The number of benzene rings is 1. The number of hydrogen-bond donors (Lipinski definition) is 3. The summed E-state index contributed by atoms with van der Waals surface area (Å²) in [5.74, 6) is -0.119. The van der Waals surface area contributed by atoms with Gasteiger partial charge in [0.25, 0.3) is 5.91 Å². The van der Waals surface area contributed by atoms with E-state index in [1.54, 1.807) is 16.8 Å². The summed E-state index contributed by atoms with van der Waals surface area (Å²) in [5, 5.41) is 10.4. The summed E-state index contributed by atoms with van der Waals surface area (Å²) in [6.07, 6.45) is 2.75. The summed E-state index contributed by atoms with van der Waals surface area (Å²) in [5.41, 5.74) is 9.80. The Kier molecular flexibility index (Phi) is 4.47. The van der Waals surface area contributed by atoms with Gasteiger partial charge in [-0.3, -0.25) is 9.48 Å². The molecule has 0 saturated carbocycles. The Bertz CT molecular complexity index is 648. The number of carbonyl (C=O) groups is 1. The summed E-state index contributed by atoms with van der Waals surface area (Å²) in [6.45, 7) is 4.52. The van der Waals surface area contributed by atoms with E-state index in [9.17, 15) is 4.79 Å². The topological polar surface area (TPSA) is 85.0 Å². The molecule has 0 atom stereocenters. The zero-order valence-electron chi connectivity index (χ0n) is 12.6. The standard InChI is InChI=1S/C15H21N5O/c1-4-12-14(9-20(3)19-12)18-13-7-6-10(8-11(13)16)15(21)17-5-2/h6-9,18H,4-5,16H2,1-3H3,(H,17,21). The lowest BCUT2D eigenvalue weighted by Crippen LogP contribution is -2.22. The molecule has 0 saturated heterocycles. The minimum absolute atomic E-state index is 0.119. The Morgan fingerprint density at radius 3 is 2.71 bits per heavy atom. The van der Waals surface area contributed by atoms with Crippen molar-refractivity contribution in [3.8, 4) is 0 Å². The molecule has 0 aliphatic rings. The van der Waals surface area contributed by atoms with Crippen molar-refractivity contribution >= 4 is 23.0 Å². The molecule has 4 N–H and O–H groups in total. The molecule has 21 heavy (non-hydrogen) atoms. The van der Waals surface area contributed by atoms with E-state index < -0.39 is 0 Å². The van der Waals surface area contributed by atoms with Crippen molar-refractivity contribution in [2.24, 2.45) is 7.05 Å². The number of carbonyl (C=O) groups excluding carboxylic acids is 1. The molecule has 0 bridgehead atoms. The number of nitrogens with two attached hydrogens (primary N) is 1. The van der Waals surface area contributed by atoms with Crippen LogP contribution in [0.4, 0.5) is 17.1 Å². The zero-order chi connectivity index (χ0) is 15.4. The summed E-state index contributed by atoms with van der Waals surface area (Å²) in [6, 6.07) is 5.24. The van der Waals surface area contributed by atoms with Gasteiger partial charge in [0.15, 0.2) is 0 Å². The van der Waals surface area contributed by atoms with Crippen LogP contribution < -0.4 is 16.4 Å². The van der Waals surface area contributed by atoms with Gasteiger partial charge in [0.2, 0.25) is 0 Å². The quantitative estimate of drug-likeness (QED) is 0.735. The highest BCUT2D eigenvalue weighted by Gasteiger charge is 2.10. The number of aryl methyl sites for hydroxylation is 2. The second kappa shape index (κ2) is 6.30. The summed E-state index contributed by atoms with van der Waals surface area (Å²) in [7, 11) is 1.88. The molecular formula is C15H21N5O. The van der Waals surface area contributed by atoms with E-state index in [0.29, 0.717) is 17.8 Å². The van der Waals surface area contributed by atoms with Crippen LogP contribution in [-0.2, 0) is 13.5 Å². The normalized spacial score (nSPS) is 10.4. The number of aromatic nitrogens is 2. The van der Waals surface area contributed by atoms with Gasteiger partial charge in [-0.2, -0.15) is 5.10 Å². The molecule has 1 aromatic carbocycles. The van der Waals surface area contributed by atoms with Crippen LogP contribution in [0, 0.1) is 0 Å². The SMILES string of the molecule is CCNC(=O)c1ccc(Nc2cn(C)nc2CC)c(N)c1. The van der Waals surface area contributed by atoms with Crippen LogP contribution >= 0.6 is 0 Å². The van der Waals surface area contributed by atoms with Gasteiger partial charge in [-0.15, -0.1) is 0 Å². The Balaban J connectivity index is 2.23. The lowest BCUT2D eigenvalue weighted by Gasteiger charge is -2.10. The van der Waals surface area contributed by atoms with Crippen LogP contribution in [0.25, 0.3) is 0 Å². The van der Waals surface area contributed by atoms with Crippen LogP contribution in [0.3, 0.4) is 0 Å². The molecule has 6 nitrogen and oxygen atoms in total. The first-order valence-corrected chi connectivity index (χ1v) is 7.02. The maximum Gasteiger partial charge on any atom is 0.251 e. The molecule has 0 aliphatic heterocycles. The smallest absolute Gasteiger partial charge is 0.251 e. The third-order valence-electron chi connectivity index (χ3n) is 3.16. The first-order valence-electron chi connectivity index (χ1n) is 7.02. The van der Waals surface area contributed by atoms with Crippen LogP contribution in [0.2, 0.25) is 0 Å². The van der Waals surface area contributed by atoms with Crippen LogP contribution in [0.5, 0.6) is 0 Å². The Labute approximate surface area is 124 Å². The van der Waals surface area contributed by atoms with E-state index in [2.05, 4.69) is 22.7 Å². The molecule has 0 fully saturated rings. The monoisotopic (exact) mass is 287 g/mol. The number of amides is 1. The van der Waals surface area contributed by atoms with E-state index in [1.807, 2.05) is 26.2 Å². The molecule has 0 aliphatic carbocycles. The van der Waals surface area contributed by atoms with Crippen molar-refractivity contribution in [3.05, 3.63) is 35.7 Å². The molecule has 112 valence electrons. The van der Waals surface area contributed by atoms with Crippen molar-refractivity contribution in [2.45, 2.75) is 20.3 Å². The predicted molar refractivity (Wildman–Crippen MR) is 84.7 cm³/mol. The van der Waals surface area contributed by atoms with Crippen molar-refractivity contribution in [1.29, 1.82) is 0 Å². The minimum Gasteiger partial charge on any atom is -0.397 e. The number of hydrogen-bond acceptors (Lipinski definition) is 4. The van der Waals surface area contributed by atoms with Crippen LogP contribution in [-0.4, -0.2) is 22.2 Å². The number of nitrogens with one attached hydrogen (secondary N) is 2. The number of rotatable bonds is 5. The molecule has 0 radical (unpaired) electrons. The Morgan fingerprint density at radius 2 is 2.10 bits per heavy atom. The summed E-state index contributed by atoms with van der Waals surface area (Å²) >= 11 is 0. The van der Waals surface area contributed by atoms with Crippen molar-refractivity contribution < 1.29 is 4.79 Å². The lowest BCUT2D eigenvalue weighted by molar-refractivity contribution is 0.0956. The van der Waals surface area contributed by atoms with Gasteiger partial charge in [-0.05, 0) is 31.5 Å². The molecule has 2 aromatic rings. The molecule has 0 unspecified atom stereocenters. The van der Waals surface area contributed by atoms with Gasteiger partial charge >= 0.3 is 0 Å². The second-order valence-electron chi connectivity index (χ2n) is 4.80. The number of anilines is 3. The third-order valence-corrected chi connectivity index (χ3v) is 3.16. The van der Waals surface area contributed by atoms with Gasteiger partial charge in [0.05, 0.1) is 22.8 Å². The van der Waals surface area contributed by atoms with Gasteiger partial charge in [-0.1, -0.05) is 6.92 Å². The van der Waals surface area contributed by atoms with Gasteiger partial charge in [-0.25, -0.2) is 0 Å². The van der Waals surface area contributed by atoms with E-state index >= 15 is 0 Å². The van der Waals surface area contributed by atoms with Crippen molar-refractivity contribution in [3.63, 3.8) is 0 Å². The minimum atomic E-state index is -0.119. The molecule has 0 spiro atoms. The van der Waals surface area contributed by atoms with E-state index in [-0.39, 0.29) is 5.91 Å². The fraction of sp³-hybridized carbons (Fsp3) is 0.333. The first-order chi connectivity index (χ1) is 10.0. The molecule has 1 aromatic heterocycles. The van der Waals surface area contributed by atoms with Gasteiger partial charge in [0, 0.05) is 25.4 Å². The van der Waals surface area contributed by atoms with Gasteiger partial charge < -0.3 is 16.4 Å². The first kappa shape index (κ1) is 14.9. The molecule has 1 amide bonds. The van der Waals surface area contributed by atoms with Crippen LogP contribution in [0.15, 0.2) is 24.4 Å². The zero-order valence-corrected chi connectivity index (χ0v) is 12.6. The van der Waals surface area contributed by atoms with Crippen molar-refractivity contribution in [2.75, 3.05) is 17.6 Å².